The van der Waals surface area contributed by atoms with Crippen molar-refractivity contribution in [1.82, 2.24) is 0 Å². The third kappa shape index (κ3) is 1.48. The summed E-state index contributed by atoms with van der Waals surface area (Å²) in [5, 5.41) is 0. The molecule has 0 bridgehead atoms. The highest BCUT2D eigenvalue weighted by molar-refractivity contribution is 8.01. The second-order valence-corrected chi connectivity index (χ2v) is 6.20. The van der Waals surface area contributed by atoms with Crippen LogP contribution < -0.4 is 0 Å². The van der Waals surface area contributed by atoms with Crippen LogP contribution in [0.15, 0.2) is 12.1 Å². The highest BCUT2D eigenvalue weighted by Gasteiger charge is 2.36. The fourth-order valence-corrected chi connectivity index (χ4v) is 3.90. The van der Waals surface area contributed by atoms with Crippen molar-refractivity contribution in [2.45, 2.75) is 38.9 Å². The van der Waals surface area contributed by atoms with Gasteiger partial charge in [-0.2, -0.15) is 11.8 Å². The quantitative estimate of drug-likeness (QED) is 0.670. The number of hydrogen-bond acceptors (Lipinski definition) is 1. The molecule has 0 N–H and O–H groups in total. The first-order valence-electron chi connectivity index (χ1n) is 5.25. The minimum absolute atomic E-state index is 0.405. The summed E-state index contributed by atoms with van der Waals surface area (Å²) in [5.74, 6) is 1.32. The molecular weight excluding hydrogens is 188 g/mol. The second-order valence-electron chi connectivity index (χ2n) is 4.60. The maximum absolute atomic E-state index is 2.38. The molecule has 1 fully saturated rings. The second kappa shape index (κ2) is 3.30. The van der Waals surface area contributed by atoms with E-state index in [4.69, 9.17) is 0 Å². The highest BCUT2D eigenvalue weighted by atomic mass is 32.2. The predicted molar refractivity (Wildman–Crippen MR) is 65.1 cm³/mol. The van der Waals surface area contributed by atoms with Gasteiger partial charge in [-0.1, -0.05) is 17.7 Å². The average Bonchev–Trinajstić information content (AvgIpc) is 1.99. The van der Waals surface area contributed by atoms with Crippen LogP contribution in [0.2, 0.25) is 0 Å². The summed E-state index contributed by atoms with van der Waals surface area (Å²) in [7, 11) is 0. The van der Waals surface area contributed by atoms with E-state index in [9.17, 15) is 0 Å². The number of hydrogen-bond donors (Lipinski definition) is 0. The molecule has 0 amide bonds. The lowest BCUT2D eigenvalue weighted by molar-refractivity contribution is 0.618. The lowest BCUT2D eigenvalue weighted by Crippen LogP contribution is -2.29. The van der Waals surface area contributed by atoms with E-state index in [0.29, 0.717) is 4.75 Å². The molecule has 0 saturated carbocycles. The first kappa shape index (κ1) is 10.1. The molecular formula is C13H18S. The smallest absolute Gasteiger partial charge is 0.0393 e. The fourth-order valence-electron chi connectivity index (χ4n) is 2.62. The van der Waals surface area contributed by atoms with Crippen molar-refractivity contribution >= 4 is 11.8 Å². The number of benzene rings is 1. The zero-order chi connectivity index (χ0) is 10.3. The number of thioether (sulfide) groups is 1. The van der Waals surface area contributed by atoms with Gasteiger partial charge >= 0.3 is 0 Å². The topological polar surface area (TPSA) is 0 Å². The van der Waals surface area contributed by atoms with Crippen molar-refractivity contribution in [3.05, 3.63) is 34.4 Å². The molecule has 76 valence electrons. The van der Waals surface area contributed by atoms with E-state index in [0.717, 1.165) is 0 Å². The Morgan fingerprint density at radius 2 is 1.64 bits per heavy atom. The van der Waals surface area contributed by atoms with Gasteiger partial charge in [-0.25, -0.2) is 0 Å². The van der Waals surface area contributed by atoms with E-state index in [1.54, 1.807) is 5.56 Å². The largest absolute Gasteiger partial charge is 0.151 e. The van der Waals surface area contributed by atoms with Crippen LogP contribution in [0.25, 0.3) is 0 Å². The molecule has 0 aliphatic carbocycles. The normalized spacial score (nSPS) is 26.0. The molecule has 14 heavy (non-hydrogen) atoms. The van der Waals surface area contributed by atoms with Crippen molar-refractivity contribution in [1.29, 1.82) is 0 Å². The van der Waals surface area contributed by atoms with Crippen LogP contribution in [-0.4, -0.2) is 5.75 Å². The van der Waals surface area contributed by atoms with Crippen LogP contribution in [-0.2, 0) is 4.75 Å². The van der Waals surface area contributed by atoms with Gasteiger partial charge in [-0.3, -0.25) is 0 Å². The SMILES string of the molecule is Cc1cc(C)c(C2(C)CCS2)c(C)c1. The summed E-state index contributed by atoms with van der Waals surface area (Å²) in [6.07, 6.45) is 1.34. The minimum atomic E-state index is 0.405. The van der Waals surface area contributed by atoms with Gasteiger partial charge in [0.15, 0.2) is 0 Å². The fraction of sp³-hybridized carbons (Fsp3) is 0.538. The van der Waals surface area contributed by atoms with E-state index in [1.807, 2.05) is 0 Å². The molecule has 1 aromatic carbocycles. The van der Waals surface area contributed by atoms with Gasteiger partial charge in [0.2, 0.25) is 0 Å². The Morgan fingerprint density at radius 3 is 2.00 bits per heavy atom. The molecule has 0 radical (unpaired) electrons. The Hall–Kier alpha value is -0.430. The van der Waals surface area contributed by atoms with E-state index >= 15 is 0 Å². The van der Waals surface area contributed by atoms with Gasteiger partial charge < -0.3 is 0 Å². The van der Waals surface area contributed by atoms with Crippen LogP contribution in [0.3, 0.4) is 0 Å². The van der Waals surface area contributed by atoms with Crippen LogP contribution >= 0.6 is 11.8 Å². The summed E-state index contributed by atoms with van der Waals surface area (Å²) in [4.78, 5) is 0. The number of aryl methyl sites for hydroxylation is 3. The Labute approximate surface area is 91.1 Å². The Balaban J connectivity index is 2.52. The van der Waals surface area contributed by atoms with Crippen molar-refractivity contribution in [2.24, 2.45) is 0 Å². The summed E-state index contributed by atoms with van der Waals surface area (Å²) < 4.78 is 0.405. The van der Waals surface area contributed by atoms with Gasteiger partial charge in [0, 0.05) is 4.75 Å². The molecule has 0 aromatic heterocycles. The summed E-state index contributed by atoms with van der Waals surface area (Å²) in [5.41, 5.74) is 5.91. The molecule has 1 aliphatic heterocycles. The average molecular weight is 206 g/mol. The van der Waals surface area contributed by atoms with Gasteiger partial charge in [0.1, 0.15) is 0 Å². The lowest BCUT2D eigenvalue weighted by Gasteiger charge is -2.40. The van der Waals surface area contributed by atoms with Gasteiger partial charge in [-0.15, -0.1) is 0 Å². The first-order valence-corrected chi connectivity index (χ1v) is 6.24. The molecule has 1 unspecified atom stereocenters. The summed E-state index contributed by atoms with van der Waals surface area (Å²) in [6.45, 7) is 9.06. The molecule has 0 nitrogen and oxygen atoms in total. The third-order valence-corrected chi connectivity index (χ3v) is 4.66. The van der Waals surface area contributed by atoms with Crippen molar-refractivity contribution in [3.8, 4) is 0 Å². The molecule has 1 atom stereocenters. The van der Waals surface area contributed by atoms with Crippen LogP contribution in [0, 0.1) is 20.8 Å². The van der Waals surface area contributed by atoms with E-state index < -0.39 is 0 Å². The minimum Gasteiger partial charge on any atom is -0.151 e. The first-order chi connectivity index (χ1) is 6.53. The molecule has 1 aromatic rings. The maximum Gasteiger partial charge on any atom is 0.0393 e. The lowest BCUT2D eigenvalue weighted by atomic mass is 9.87. The Bertz CT molecular complexity index is 338. The van der Waals surface area contributed by atoms with Crippen LogP contribution in [0.4, 0.5) is 0 Å². The van der Waals surface area contributed by atoms with Gasteiger partial charge in [0.05, 0.1) is 0 Å². The molecule has 0 spiro atoms. The molecule has 1 heteroatoms. The molecule has 1 heterocycles. The zero-order valence-corrected chi connectivity index (χ0v) is 10.3. The molecule has 2 rings (SSSR count). The Kier molecular flexibility index (Phi) is 2.38. The Morgan fingerprint density at radius 1 is 1.14 bits per heavy atom. The van der Waals surface area contributed by atoms with E-state index in [2.05, 4.69) is 51.6 Å². The highest BCUT2D eigenvalue weighted by Crippen LogP contribution is 2.50. The predicted octanol–water partition coefficient (Wildman–Crippen LogP) is 3.96. The van der Waals surface area contributed by atoms with Crippen LogP contribution in [0.1, 0.15) is 35.6 Å². The monoisotopic (exact) mass is 206 g/mol. The van der Waals surface area contributed by atoms with E-state index in [-0.39, 0.29) is 0 Å². The third-order valence-electron chi connectivity index (χ3n) is 3.21. The summed E-state index contributed by atoms with van der Waals surface area (Å²) in [6, 6.07) is 4.62. The van der Waals surface area contributed by atoms with Crippen molar-refractivity contribution in [2.75, 3.05) is 5.75 Å². The standard InChI is InChI=1S/C13H18S/c1-9-7-10(2)12(11(3)8-9)13(4)5-6-14-13/h7-8H,5-6H2,1-4H3. The van der Waals surface area contributed by atoms with Crippen LogP contribution in [0.5, 0.6) is 0 Å². The summed E-state index contributed by atoms with van der Waals surface area (Å²) >= 11 is 2.09. The van der Waals surface area contributed by atoms with Crippen molar-refractivity contribution < 1.29 is 0 Å². The zero-order valence-electron chi connectivity index (χ0n) is 9.48. The van der Waals surface area contributed by atoms with Gasteiger partial charge in [0.25, 0.3) is 0 Å². The number of rotatable bonds is 1. The van der Waals surface area contributed by atoms with Gasteiger partial charge in [-0.05, 0) is 56.6 Å². The van der Waals surface area contributed by atoms with Crippen molar-refractivity contribution in [3.63, 3.8) is 0 Å². The van der Waals surface area contributed by atoms with E-state index in [1.165, 1.54) is 28.9 Å². The maximum atomic E-state index is 2.38. The molecule has 1 saturated heterocycles. The molecule has 1 aliphatic rings.